The van der Waals surface area contributed by atoms with Gasteiger partial charge in [-0.05, 0) is 55.0 Å². The molecule has 2 aromatic carbocycles. The Hall–Kier alpha value is -2.80. The molecule has 6 nitrogen and oxygen atoms in total. The van der Waals surface area contributed by atoms with Crippen LogP contribution < -0.4 is 4.74 Å². The van der Waals surface area contributed by atoms with Crippen LogP contribution >= 0.6 is 11.8 Å². The molecule has 1 saturated carbocycles. The maximum atomic E-state index is 12.1. The summed E-state index contributed by atoms with van der Waals surface area (Å²) >= 11 is 1.55. The van der Waals surface area contributed by atoms with Gasteiger partial charge in [0.15, 0.2) is 5.71 Å². The summed E-state index contributed by atoms with van der Waals surface area (Å²) in [5.74, 6) is 1.57. The SMILES string of the molecule is CCOc1ccc(N=CSCc2ccccc2C(=NOC)C(=O)OC)c(C2CC2)c1. The minimum absolute atomic E-state index is 0.149. The Balaban J connectivity index is 1.72. The molecule has 7 heteroatoms. The number of carbonyl (C=O) groups excluding carboxylic acids is 1. The summed E-state index contributed by atoms with van der Waals surface area (Å²) in [6, 6.07) is 13.7. The van der Waals surface area contributed by atoms with Crippen LogP contribution in [0.1, 0.15) is 42.4 Å². The molecule has 1 aliphatic rings. The Morgan fingerprint density at radius 2 is 2.00 bits per heavy atom. The molecule has 0 heterocycles. The van der Waals surface area contributed by atoms with Crippen LogP contribution in [0.25, 0.3) is 0 Å². The van der Waals surface area contributed by atoms with Gasteiger partial charge < -0.3 is 14.3 Å². The van der Waals surface area contributed by atoms with Crippen molar-refractivity contribution >= 4 is 34.7 Å². The maximum Gasteiger partial charge on any atom is 0.360 e. The molecular formula is C23H26N2O4S. The number of thioether (sulfide) groups is 1. The van der Waals surface area contributed by atoms with Crippen LogP contribution in [-0.2, 0) is 20.1 Å². The summed E-state index contributed by atoms with van der Waals surface area (Å²) < 4.78 is 10.5. The van der Waals surface area contributed by atoms with Gasteiger partial charge in [-0.25, -0.2) is 9.79 Å². The molecule has 30 heavy (non-hydrogen) atoms. The number of oxime groups is 1. The van der Waals surface area contributed by atoms with Crippen molar-refractivity contribution in [3.63, 3.8) is 0 Å². The van der Waals surface area contributed by atoms with Gasteiger partial charge in [0, 0.05) is 11.3 Å². The van der Waals surface area contributed by atoms with E-state index in [4.69, 9.17) is 14.3 Å². The van der Waals surface area contributed by atoms with Gasteiger partial charge in [-0.15, -0.1) is 11.8 Å². The van der Waals surface area contributed by atoms with Crippen molar-refractivity contribution in [2.75, 3.05) is 20.8 Å². The lowest BCUT2D eigenvalue weighted by atomic mass is 10.0. The second-order valence-electron chi connectivity index (χ2n) is 6.74. The number of rotatable bonds is 10. The molecular weight excluding hydrogens is 400 g/mol. The van der Waals surface area contributed by atoms with Gasteiger partial charge in [-0.1, -0.05) is 29.4 Å². The predicted octanol–water partition coefficient (Wildman–Crippen LogP) is 5.08. The molecule has 0 saturated heterocycles. The van der Waals surface area contributed by atoms with Crippen LogP contribution in [0.2, 0.25) is 0 Å². The Bertz CT molecular complexity index is 939. The molecule has 0 amide bonds. The summed E-state index contributed by atoms with van der Waals surface area (Å²) in [5, 5.41) is 3.85. The van der Waals surface area contributed by atoms with Crippen molar-refractivity contribution in [3.05, 3.63) is 59.2 Å². The Labute approximate surface area is 181 Å². The second-order valence-corrected chi connectivity index (χ2v) is 7.58. The lowest BCUT2D eigenvalue weighted by Crippen LogP contribution is -2.19. The van der Waals surface area contributed by atoms with Gasteiger partial charge in [-0.2, -0.15) is 0 Å². The van der Waals surface area contributed by atoms with Crippen molar-refractivity contribution < 1.29 is 19.1 Å². The van der Waals surface area contributed by atoms with Crippen LogP contribution in [0.15, 0.2) is 52.6 Å². The summed E-state index contributed by atoms with van der Waals surface area (Å²) in [6.07, 6.45) is 2.40. The molecule has 0 bridgehead atoms. The molecule has 3 rings (SSSR count). The first kappa shape index (κ1) is 21.9. The van der Waals surface area contributed by atoms with Crippen LogP contribution in [0.3, 0.4) is 0 Å². The molecule has 1 fully saturated rings. The first-order valence-corrected chi connectivity index (χ1v) is 10.9. The van der Waals surface area contributed by atoms with E-state index < -0.39 is 5.97 Å². The molecule has 0 aromatic heterocycles. The Morgan fingerprint density at radius 3 is 2.70 bits per heavy atom. The molecule has 158 valence electrons. The number of esters is 1. The first-order valence-electron chi connectivity index (χ1n) is 9.86. The summed E-state index contributed by atoms with van der Waals surface area (Å²) in [4.78, 5) is 21.6. The smallest absolute Gasteiger partial charge is 0.360 e. The molecule has 0 N–H and O–H groups in total. The highest BCUT2D eigenvalue weighted by atomic mass is 32.2. The van der Waals surface area contributed by atoms with Crippen LogP contribution in [0.5, 0.6) is 5.75 Å². The minimum Gasteiger partial charge on any atom is -0.494 e. The number of methoxy groups -OCH3 is 1. The fraction of sp³-hybridized carbons (Fsp3) is 0.348. The zero-order valence-corrected chi connectivity index (χ0v) is 18.3. The van der Waals surface area contributed by atoms with Gasteiger partial charge in [0.05, 0.1) is 25.0 Å². The summed E-state index contributed by atoms with van der Waals surface area (Å²) in [6.45, 7) is 2.64. The van der Waals surface area contributed by atoms with Gasteiger partial charge in [0.2, 0.25) is 0 Å². The largest absolute Gasteiger partial charge is 0.494 e. The maximum absolute atomic E-state index is 12.1. The quantitative estimate of drug-likeness (QED) is 0.229. The highest BCUT2D eigenvalue weighted by Crippen LogP contribution is 2.45. The van der Waals surface area contributed by atoms with Gasteiger partial charge in [0.1, 0.15) is 12.9 Å². The predicted molar refractivity (Wildman–Crippen MR) is 121 cm³/mol. The van der Waals surface area contributed by atoms with E-state index >= 15 is 0 Å². The standard InChI is InChI=1S/C23H26N2O4S/c1-4-29-18-11-12-21(20(13-18)16-9-10-16)24-15-30-14-17-7-5-6-8-19(17)22(25-28-3)23(26)27-2/h5-8,11-13,15-16H,4,9-10,14H2,1-3H3. The number of carbonyl (C=O) groups is 1. The molecule has 0 spiro atoms. The van der Waals surface area contributed by atoms with E-state index in [0.717, 1.165) is 17.0 Å². The van der Waals surface area contributed by atoms with Crippen molar-refractivity contribution in [1.29, 1.82) is 0 Å². The van der Waals surface area contributed by atoms with Crippen molar-refractivity contribution in [2.45, 2.75) is 31.4 Å². The van der Waals surface area contributed by atoms with Gasteiger partial charge >= 0.3 is 5.97 Å². The van der Waals surface area contributed by atoms with Crippen molar-refractivity contribution in [1.82, 2.24) is 0 Å². The van der Waals surface area contributed by atoms with Crippen molar-refractivity contribution in [2.24, 2.45) is 10.1 Å². The number of nitrogens with zero attached hydrogens (tertiary/aromatic N) is 2. The molecule has 2 aromatic rings. The third kappa shape index (κ3) is 5.63. The zero-order chi connectivity index (χ0) is 21.3. The Morgan fingerprint density at radius 1 is 1.20 bits per heavy atom. The average molecular weight is 427 g/mol. The zero-order valence-electron chi connectivity index (χ0n) is 17.5. The highest BCUT2D eigenvalue weighted by Gasteiger charge is 2.26. The number of ether oxygens (including phenoxy) is 2. The normalized spacial score (nSPS) is 14.0. The van der Waals surface area contributed by atoms with Crippen molar-refractivity contribution in [3.8, 4) is 5.75 Å². The Kier molecular flexibility index (Phi) is 7.90. The second kappa shape index (κ2) is 10.8. The number of hydrogen-bond donors (Lipinski definition) is 0. The summed E-state index contributed by atoms with van der Waals surface area (Å²) in [7, 11) is 2.73. The molecule has 0 radical (unpaired) electrons. The minimum atomic E-state index is -0.536. The molecule has 0 unspecified atom stereocenters. The average Bonchev–Trinajstić information content (AvgIpc) is 3.61. The van der Waals surface area contributed by atoms with Gasteiger partial charge in [0.25, 0.3) is 0 Å². The van der Waals surface area contributed by atoms with Gasteiger partial charge in [-0.3, -0.25) is 0 Å². The third-order valence-corrected chi connectivity index (χ3v) is 5.40. The fourth-order valence-corrected chi connectivity index (χ4v) is 3.80. The fourth-order valence-electron chi connectivity index (χ4n) is 3.11. The number of hydrogen-bond acceptors (Lipinski definition) is 7. The lowest BCUT2D eigenvalue weighted by Gasteiger charge is -2.10. The van der Waals surface area contributed by atoms with Crippen LogP contribution in [0, 0.1) is 0 Å². The highest BCUT2D eigenvalue weighted by molar-refractivity contribution is 8.11. The van der Waals surface area contributed by atoms with E-state index in [1.54, 1.807) is 11.8 Å². The number of benzene rings is 2. The summed E-state index contributed by atoms with van der Waals surface area (Å²) in [5.41, 5.74) is 5.87. The van der Waals surface area contributed by atoms with Crippen LogP contribution in [-0.4, -0.2) is 38.1 Å². The third-order valence-electron chi connectivity index (χ3n) is 4.67. The topological polar surface area (TPSA) is 69.5 Å². The van der Waals surface area contributed by atoms with Crippen LogP contribution in [0.4, 0.5) is 5.69 Å². The number of aliphatic imine (C=N–C) groups is 1. The van der Waals surface area contributed by atoms with E-state index in [1.807, 2.05) is 48.9 Å². The lowest BCUT2D eigenvalue weighted by molar-refractivity contribution is -0.132. The van der Waals surface area contributed by atoms with E-state index in [0.29, 0.717) is 23.8 Å². The van der Waals surface area contributed by atoms with E-state index in [1.165, 1.54) is 32.6 Å². The van der Waals surface area contributed by atoms with E-state index in [-0.39, 0.29) is 5.71 Å². The molecule has 0 atom stereocenters. The molecule has 0 aliphatic heterocycles. The first-order chi connectivity index (χ1) is 14.7. The monoisotopic (exact) mass is 426 g/mol. The van der Waals surface area contributed by atoms with E-state index in [9.17, 15) is 4.79 Å². The van der Waals surface area contributed by atoms with E-state index in [2.05, 4.69) is 16.2 Å². The molecule has 1 aliphatic carbocycles.